The smallest absolute Gasteiger partial charge is 0.243 e. The van der Waals surface area contributed by atoms with Crippen molar-refractivity contribution < 1.29 is 24.3 Å². The molecule has 4 amide bonds. The van der Waals surface area contributed by atoms with Crippen molar-refractivity contribution in [1.82, 2.24) is 21.3 Å². The fourth-order valence-corrected chi connectivity index (χ4v) is 3.07. The third-order valence-corrected chi connectivity index (χ3v) is 4.78. The molecule has 2 rings (SSSR count). The first-order chi connectivity index (χ1) is 15.2. The zero-order chi connectivity index (χ0) is 23.7. The number of carbonyl (C=O) groups excluding carboxylic acids is 4. The molecule has 12 nitrogen and oxygen atoms in total. The lowest BCUT2D eigenvalue weighted by Crippen LogP contribution is -2.59. The molecule has 9 N–H and O–H groups in total. The van der Waals surface area contributed by atoms with E-state index in [1.54, 1.807) is 12.1 Å². The Labute approximate surface area is 185 Å². The van der Waals surface area contributed by atoms with E-state index in [0.29, 0.717) is 12.0 Å². The molecule has 1 aromatic carbocycles. The molecule has 0 bridgehead atoms. The molecule has 1 aliphatic heterocycles. The first-order valence-electron chi connectivity index (χ1n) is 10.2. The highest BCUT2D eigenvalue weighted by Gasteiger charge is 2.29. The molecule has 1 aliphatic rings. The average Bonchev–Trinajstić information content (AvgIpc) is 2.74. The molecule has 174 valence electrons. The molecule has 3 atom stereocenters. The normalized spacial score (nSPS) is 22.3. The van der Waals surface area contributed by atoms with Gasteiger partial charge >= 0.3 is 0 Å². The highest BCUT2D eigenvalue weighted by atomic mass is 16.3. The Kier molecular flexibility index (Phi) is 8.81. The summed E-state index contributed by atoms with van der Waals surface area (Å²) in [6.45, 7) is 1.39. The van der Waals surface area contributed by atoms with Crippen molar-refractivity contribution >= 4 is 29.6 Å². The van der Waals surface area contributed by atoms with Crippen LogP contribution in [0.4, 0.5) is 0 Å². The summed E-state index contributed by atoms with van der Waals surface area (Å²) in [4.78, 5) is 54.0. The Hall–Kier alpha value is -3.83. The predicted molar refractivity (Wildman–Crippen MR) is 116 cm³/mol. The molecule has 0 unspecified atom stereocenters. The number of nitrogens with one attached hydrogen (secondary N) is 4. The number of amides is 4. The van der Waals surface area contributed by atoms with Gasteiger partial charge in [-0.05, 0) is 37.5 Å². The van der Waals surface area contributed by atoms with Crippen LogP contribution >= 0.6 is 0 Å². The van der Waals surface area contributed by atoms with Crippen molar-refractivity contribution in [3.05, 3.63) is 29.8 Å². The largest absolute Gasteiger partial charge is 0.508 e. The quantitative estimate of drug-likeness (QED) is 0.143. The van der Waals surface area contributed by atoms with Gasteiger partial charge in [-0.25, -0.2) is 0 Å². The van der Waals surface area contributed by atoms with E-state index in [1.807, 2.05) is 0 Å². The fourth-order valence-electron chi connectivity index (χ4n) is 3.07. The summed E-state index contributed by atoms with van der Waals surface area (Å²) in [5, 5.41) is 19.7. The molecule has 1 fully saturated rings. The molecule has 1 heterocycles. The number of carbonyl (C=O) groups is 4. The Morgan fingerprint density at radius 1 is 1.00 bits per heavy atom. The number of aliphatic imine (C=N–C) groups is 1. The summed E-state index contributed by atoms with van der Waals surface area (Å²) in [5.74, 6) is -2.21. The van der Waals surface area contributed by atoms with Gasteiger partial charge in [-0.15, -0.1) is 0 Å². The highest BCUT2D eigenvalue weighted by molar-refractivity contribution is 5.96. The number of phenols is 1. The lowest BCUT2D eigenvalue weighted by atomic mass is 10.0. The van der Waals surface area contributed by atoms with Crippen molar-refractivity contribution in [2.24, 2.45) is 16.5 Å². The second-order valence-electron chi connectivity index (χ2n) is 7.45. The van der Waals surface area contributed by atoms with E-state index in [2.05, 4.69) is 26.3 Å². The third-order valence-electron chi connectivity index (χ3n) is 4.78. The van der Waals surface area contributed by atoms with Crippen molar-refractivity contribution in [2.45, 2.75) is 44.3 Å². The lowest BCUT2D eigenvalue weighted by Gasteiger charge is -2.26. The molecule has 32 heavy (non-hydrogen) atoms. The van der Waals surface area contributed by atoms with Gasteiger partial charge in [-0.3, -0.25) is 24.2 Å². The minimum absolute atomic E-state index is 0.0646. The summed E-state index contributed by atoms with van der Waals surface area (Å²) in [6, 6.07) is 3.29. The van der Waals surface area contributed by atoms with E-state index >= 15 is 0 Å². The highest BCUT2D eigenvalue weighted by Crippen LogP contribution is 2.12. The minimum Gasteiger partial charge on any atom is -0.508 e. The van der Waals surface area contributed by atoms with Crippen LogP contribution in [0.3, 0.4) is 0 Å². The van der Waals surface area contributed by atoms with E-state index < -0.39 is 41.8 Å². The minimum atomic E-state index is -1.01. The number of hydrogen-bond acceptors (Lipinski definition) is 6. The number of nitrogens with two attached hydrogens (primary N) is 2. The second kappa shape index (κ2) is 11.5. The Morgan fingerprint density at radius 2 is 1.66 bits per heavy atom. The first-order valence-corrected chi connectivity index (χ1v) is 10.2. The molecule has 12 heteroatoms. The molecule has 0 spiro atoms. The van der Waals surface area contributed by atoms with Crippen LogP contribution in [-0.4, -0.2) is 65.9 Å². The number of guanidine groups is 1. The van der Waals surface area contributed by atoms with Crippen LogP contribution < -0.4 is 32.7 Å². The molecular weight excluding hydrogens is 418 g/mol. The van der Waals surface area contributed by atoms with Crippen LogP contribution in [0.15, 0.2) is 29.3 Å². The van der Waals surface area contributed by atoms with Gasteiger partial charge in [0.05, 0.1) is 6.54 Å². The van der Waals surface area contributed by atoms with Crippen molar-refractivity contribution in [1.29, 1.82) is 0 Å². The zero-order valence-electron chi connectivity index (χ0n) is 17.8. The maximum absolute atomic E-state index is 13.0. The summed E-state index contributed by atoms with van der Waals surface area (Å²) >= 11 is 0. The second-order valence-corrected chi connectivity index (χ2v) is 7.45. The molecule has 0 aliphatic carbocycles. The molecule has 1 aromatic rings. The van der Waals surface area contributed by atoms with Crippen molar-refractivity contribution in [3.63, 3.8) is 0 Å². The lowest BCUT2D eigenvalue weighted by molar-refractivity contribution is -0.135. The van der Waals surface area contributed by atoms with Gasteiger partial charge in [0, 0.05) is 13.0 Å². The maximum Gasteiger partial charge on any atom is 0.243 e. The average molecular weight is 447 g/mol. The van der Waals surface area contributed by atoms with Gasteiger partial charge in [-0.1, -0.05) is 12.1 Å². The van der Waals surface area contributed by atoms with Gasteiger partial charge < -0.3 is 37.8 Å². The topological polar surface area (TPSA) is 201 Å². The van der Waals surface area contributed by atoms with Crippen molar-refractivity contribution in [3.8, 4) is 5.75 Å². The molecule has 0 radical (unpaired) electrons. The van der Waals surface area contributed by atoms with E-state index in [-0.39, 0.29) is 37.6 Å². The number of hydrogen-bond donors (Lipinski definition) is 7. The molecule has 1 saturated heterocycles. The maximum atomic E-state index is 13.0. The Morgan fingerprint density at radius 3 is 2.31 bits per heavy atom. The summed E-state index contributed by atoms with van der Waals surface area (Å²) in [6.07, 6.45) is 0.724. The third kappa shape index (κ3) is 7.78. The van der Waals surface area contributed by atoms with Crippen LogP contribution in [0, 0.1) is 0 Å². The number of rotatable bonds is 6. The zero-order valence-corrected chi connectivity index (χ0v) is 17.8. The van der Waals surface area contributed by atoms with Crippen LogP contribution in [0.25, 0.3) is 0 Å². The van der Waals surface area contributed by atoms with Gasteiger partial charge in [0.1, 0.15) is 23.9 Å². The summed E-state index contributed by atoms with van der Waals surface area (Å²) < 4.78 is 0. The summed E-state index contributed by atoms with van der Waals surface area (Å²) in [5.41, 5.74) is 11.3. The fraction of sp³-hybridized carbons (Fsp3) is 0.450. The van der Waals surface area contributed by atoms with Crippen LogP contribution in [0.5, 0.6) is 5.75 Å². The van der Waals surface area contributed by atoms with Gasteiger partial charge in [0.25, 0.3) is 0 Å². The van der Waals surface area contributed by atoms with Crippen LogP contribution in [-0.2, 0) is 25.6 Å². The van der Waals surface area contributed by atoms with Crippen LogP contribution in [0.1, 0.15) is 25.3 Å². The van der Waals surface area contributed by atoms with Crippen molar-refractivity contribution in [2.75, 3.05) is 13.1 Å². The van der Waals surface area contributed by atoms with Crippen LogP contribution in [0.2, 0.25) is 0 Å². The first kappa shape index (κ1) is 24.4. The Balaban J connectivity index is 2.22. The van der Waals surface area contributed by atoms with E-state index in [0.717, 1.165) is 0 Å². The van der Waals surface area contributed by atoms with E-state index in [9.17, 15) is 24.3 Å². The van der Waals surface area contributed by atoms with Gasteiger partial charge in [0.15, 0.2) is 5.96 Å². The Bertz CT molecular complexity index is 868. The standard InChI is InChI=1S/C20H29N7O5/c1-11-17(30)27-15(9-12-4-6-13(28)7-5-12)19(32)26-14(3-2-8-23-20(21)22)18(31)24-10-16(29)25-11/h4-7,11,14-15,28H,2-3,8-10H2,1H3,(H,24,31)(H,25,29)(H,26,32)(H,27,30)(H4,21,22,23)/t11-,14-,15-/m0/s1. The number of benzene rings is 1. The van der Waals surface area contributed by atoms with Gasteiger partial charge in [0.2, 0.25) is 23.6 Å². The van der Waals surface area contributed by atoms with E-state index in [1.165, 1.54) is 19.1 Å². The molecule has 0 saturated carbocycles. The monoisotopic (exact) mass is 447 g/mol. The summed E-state index contributed by atoms with van der Waals surface area (Å²) in [7, 11) is 0. The molecular formula is C20H29N7O5. The van der Waals surface area contributed by atoms with E-state index in [4.69, 9.17) is 11.5 Å². The van der Waals surface area contributed by atoms with Gasteiger partial charge in [-0.2, -0.15) is 0 Å². The SMILES string of the molecule is C[C@@H]1NC(=O)CNC(=O)[C@H](CCCN=C(N)N)NC(=O)[C@H](Cc2ccc(O)cc2)NC1=O. The number of phenolic OH excluding ortho intramolecular Hbond substituents is 1. The predicted octanol–water partition coefficient (Wildman–Crippen LogP) is -2.41. The molecule has 0 aromatic heterocycles. The number of aromatic hydroxyl groups is 1. The number of nitrogens with zero attached hydrogens (tertiary/aromatic N) is 1.